The van der Waals surface area contributed by atoms with Crippen LogP contribution in [0.15, 0.2) is 24.3 Å². The van der Waals surface area contributed by atoms with Crippen molar-refractivity contribution in [1.29, 1.82) is 0 Å². The van der Waals surface area contributed by atoms with Crippen molar-refractivity contribution in [1.82, 2.24) is 5.32 Å². The molecule has 1 aliphatic rings. The summed E-state index contributed by atoms with van der Waals surface area (Å²) in [7, 11) is 0. The second kappa shape index (κ2) is 6.12. The monoisotopic (exact) mass is 247 g/mol. The molecule has 1 aromatic carbocycles. The fourth-order valence-corrected chi connectivity index (χ4v) is 2.46. The highest BCUT2D eigenvalue weighted by Gasteiger charge is 2.33. The van der Waals surface area contributed by atoms with Crippen LogP contribution in [0.2, 0.25) is 0 Å². The minimum atomic E-state index is 0.00422. The SMILES string of the molecule is CCNC1COCC1C(=O)Cc1ccccc1C. The van der Waals surface area contributed by atoms with E-state index in [4.69, 9.17) is 4.74 Å². The molecule has 1 N–H and O–H groups in total. The molecule has 18 heavy (non-hydrogen) atoms. The van der Waals surface area contributed by atoms with E-state index >= 15 is 0 Å². The van der Waals surface area contributed by atoms with Gasteiger partial charge >= 0.3 is 0 Å². The Balaban J connectivity index is 2.01. The Morgan fingerprint density at radius 3 is 2.89 bits per heavy atom. The number of likely N-dealkylation sites (N-methyl/N-ethyl adjacent to an activating group) is 1. The van der Waals surface area contributed by atoms with E-state index in [0.717, 1.165) is 12.1 Å². The summed E-state index contributed by atoms with van der Waals surface area (Å²) in [6, 6.07) is 8.26. The third kappa shape index (κ3) is 2.98. The van der Waals surface area contributed by atoms with Gasteiger partial charge < -0.3 is 10.1 Å². The van der Waals surface area contributed by atoms with Gasteiger partial charge in [0.05, 0.1) is 19.1 Å². The van der Waals surface area contributed by atoms with Crippen LogP contribution in [0.4, 0.5) is 0 Å². The normalized spacial score (nSPS) is 23.2. The first-order chi connectivity index (χ1) is 8.72. The van der Waals surface area contributed by atoms with Crippen molar-refractivity contribution in [3.05, 3.63) is 35.4 Å². The molecule has 0 radical (unpaired) electrons. The highest BCUT2D eigenvalue weighted by molar-refractivity contribution is 5.84. The Labute approximate surface area is 109 Å². The maximum Gasteiger partial charge on any atom is 0.144 e. The van der Waals surface area contributed by atoms with Gasteiger partial charge in [0.2, 0.25) is 0 Å². The fraction of sp³-hybridized carbons (Fsp3) is 0.533. The summed E-state index contributed by atoms with van der Waals surface area (Å²) in [5.74, 6) is 0.289. The van der Waals surface area contributed by atoms with Gasteiger partial charge in [0.25, 0.3) is 0 Å². The molecule has 1 aliphatic heterocycles. The average molecular weight is 247 g/mol. The lowest BCUT2D eigenvalue weighted by atomic mass is 9.92. The molecule has 3 nitrogen and oxygen atoms in total. The second-order valence-electron chi connectivity index (χ2n) is 4.88. The Morgan fingerprint density at radius 2 is 2.17 bits per heavy atom. The van der Waals surface area contributed by atoms with Gasteiger partial charge in [-0.05, 0) is 24.6 Å². The van der Waals surface area contributed by atoms with E-state index in [1.165, 1.54) is 5.56 Å². The first-order valence-corrected chi connectivity index (χ1v) is 6.60. The number of carbonyl (C=O) groups is 1. The summed E-state index contributed by atoms with van der Waals surface area (Å²) in [6.07, 6.45) is 0.516. The number of hydrogen-bond acceptors (Lipinski definition) is 3. The number of Topliss-reactive ketones (excluding diaryl/α,β-unsaturated/α-hetero) is 1. The number of benzene rings is 1. The molecule has 0 spiro atoms. The zero-order valence-corrected chi connectivity index (χ0v) is 11.1. The smallest absolute Gasteiger partial charge is 0.144 e. The molecule has 0 aliphatic carbocycles. The van der Waals surface area contributed by atoms with Crippen LogP contribution >= 0.6 is 0 Å². The van der Waals surface area contributed by atoms with Crippen molar-refractivity contribution >= 4 is 5.78 Å². The maximum atomic E-state index is 12.3. The van der Waals surface area contributed by atoms with E-state index in [-0.39, 0.29) is 17.7 Å². The highest BCUT2D eigenvalue weighted by atomic mass is 16.5. The van der Waals surface area contributed by atoms with E-state index in [1.807, 2.05) is 18.2 Å². The van der Waals surface area contributed by atoms with Crippen LogP contribution in [-0.2, 0) is 16.0 Å². The summed E-state index contributed by atoms with van der Waals surface area (Å²) < 4.78 is 5.43. The molecule has 0 saturated carbocycles. The zero-order valence-electron chi connectivity index (χ0n) is 11.1. The number of rotatable bonds is 5. The summed E-state index contributed by atoms with van der Waals surface area (Å²) in [6.45, 7) is 6.19. The van der Waals surface area contributed by atoms with Gasteiger partial charge in [0.15, 0.2) is 0 Å². The molecule has 98 valence electrons. The van der Waals surface area contributed by atoms with Crippen LogP contribution in [0.1, 0.15) is 18.1 Å². The predicted molar refractivity (Wildman–Crippen MR) is 71.7 cm³/mol. The summed E-state index contributed by atoms with van der Waals surface area (Å²) in [5.41, 5.74) is 2.31. The first kappa shape index (κ1) is 13.2. The van der Waals surface area contributed by atoms with E-state index in [1.54, 1.807) is 0 Å². The number of ether oxygens (including phenoxy) is 1. The van der Waals surface area contributed by atoms with E-state index in [9.17, 15) is 4.79 Å². The highest BCUT2D eigenvalue weighted by Crippen LogP contribution is 2.18. The average Bonchev–Trinajstić information content (AvgIpc) is 2.81. The lowest BCUT2D eigenvalue weighted by Crippen LogP contribution is -2.39. The molecule has 1 saturated heterocycles. The number of ketones is 1. The third-order valence-corrected chi connectivity index (χ3v) is 3.59. The first-order valence-electron chi connectivity index (χ1n) is 6.60. The lowest BCUT2D eigenvalue weighted by molar-refractivity contribution is -0.122. The van der Waals surface area contributed by atoms with Crippen LogP contribution < -0.4 is 5.32 Å². The standard InChI is InChI=1S/C15H21NO2/c1-3-16-14-10-18-9-13(14)15(17)8-12-7-5-4-6-11(12)2/h4-7,13-14,16H,3,8-10H2,1-2H3. The van der Waals surface area contributed by atoms with Crippen LogP contribution in [0.3, 0.4) is 0 Å². The minimum Gasteiger partial charge on any atom is -0.379 e. The second-order valence-corrected chi connectivity index (χ2v) is 4.88. The summed E-state index contributed by atoms with van der Waals surface area (Å²) >= 11 is 0. The van der Waals surface area contributed by atoms with Crippen molar-refractivity contribution in [2.24, 2.45) is 5.92 Å². The maximum absolute atomic E-state index is 12.3. The Kier molecular flexibility index (Phi) is 4.50. The molecule has 2 unspecified atom stereocenters. The fourth-order valence-electron chi connectivity index (χ4n) is 2.46. The van der Waals surface area contributed by atoms with E-state index in [0.29, 0.717) is 19.6 Å². The molecule has 0 bridgehead atoms. The van der Waals surface area contributed by atoms with Crippen molar-refractivity contribution in [2.75, 3.05) is 19.8 Å². The number of aryl methyl sites for hydroxylation is 1. The molecule has 2 atom stereocenters. The number of hydrogen-bond donors (Lipinski definition) is 1. The Morgan fingerprint density at radius 1 is 1.39 bits per heavy atom. The molecule has 2 rings (SSSR count). The summed E-state index contributed by atoms with van der Waals surface area (Å²) in [5, 5.41) is 3.33. The van der Waals surface area contributed by atoms with Crippen LogP contribution in [0, 0.1) is 12.8 Å². The molecule has 0 amide bonds. The van der Waals surface area contributed by atoms with Gasteiger partial charge in [-0.25, -0.2) is 0 Å². The van der Waals surface area contributed by atoms with Crippen molar-refractivity contribution in [2.45, 2.75) is 26.3 Å². The molecule has 1 fully saturated rings. The van der Waals surface area contributed by atoms with Crippen molar-refractivity contribution < 1.29 is 9.53 Å². The molecule has 1 heterocycles. The van der Waals surface area contributed by atoms with Gasteiger partial charge in [-0.1, -0.05) is 31.2 Å². The van der Waals surface area contributed by atoms with Gasteiger partial charge in [-0.3, -0.25) is 4.79 Å². The van der Waals surface area contributed by atoms with Gasteiger partial charge in [0.1, 0.15) is 5.78 Å². The quantitative estimate of drug-likeness (QED) is 0.861. The Bertz CT molecular complexity index is 417. The number of nitrogens with one attached hydrogen (secondary N) is 1. The van der Waals surface area contributed by atoms with Crippen molar-refractivity contribution in [3.63, 3.8) is 0 Å². The minimum absolute atomic E-state index is 0.00422. The van der Waals surface area contributed by atoms with Gasteiger partial charge in [0, 0.05) is 12.5 Å². The van der Waals surface area contributed by atoms with Gasteiger partial charge in [-0.15, -0.1) is 0 Å². The summed E-state index contributed by atoms with van der Waals surface area (Å²) in [4.78, 5) is 12.3. The molecular weight excluding hydrogens is 226 g/mol. The van der Waals surface area contributed by atoms with Crippen LogP contribution in [0.5, 0.6) is 0 Å². The van der Waals surface area contributed by atoms with E-state index in [2.05, 4.69) is 25.2 Å². The predicted octanol–water partition coefficient (Wildman–Crippen LogP) is 1.73. The Hall–Kier alpha value is -1.19. The van der Waals surface area contributed by atoms with Crippen LogP contribution in [-0.4, -0.2) is 31.6 Å². The van der Waals surface area contributed by atoms with E-state index < -0.39 is 0 Å². The third-order valence-electron chi connectivity index (χ3n) is 3.59. The van der Waals surface area contributed by atoms with Crippen LogP contribution in [0.25, 0.3) is 0 Å². The molecule has 3 heteroatoms. The largest absolute Gasteiger partial charge is 0.379 e. The van der Waals surface area contributed by atoms with Crippen molar-refractivity contribution in [3.8, 4) is 0 Å². The molecule has 1 aromatic rings. The molecular formula is C15H21NO2. The zero-order chi connectivity index (χ0) is 13.0. The van der Waals surface area contributed by atoms with Gasteiger partial charge in [-0.2, -0.15) is 0 Å². The number of carbonyl (C=O) groups excluding carboxylic acids is 1. The molecule has 0 aromatic heterocycles. The lowest BCUT2D eigenvalue weighted by Gasteiger charge is -2.17. The topological polar surface area (TPSA) is 38.3 Å².